The number of carbonyl (C=O) groups is 1. The fraction of sp³-hybridized carbons (Fsp3) is 0.688. The molecule has 0 unspecified atom stereocenters. The Morgan fingerprint density at radius 2 is 1.95 bits per heavy atom. The van der Waals surface area contributed by atoms with Crippen molar-refractivity contribution in [2.24, 2.45) is 5.41 Å². The summed E-state index contributed by atoms with van der Waals surface area (Å²) in [6.07, 6.45) is 3.66. The number of hydrogen-bond donors (Lipinski definition) is 3. The first-order valence-corrected chi connectivity index (χ1v) is 7.47. The second-order valence-electron chi connectivity index (χ2n) is 6.99. The quantitative estimate of drug-likeness (QED) is 0.778. The van der Waals surface area contributed by atoms with Crippen LogP contribution in [0, 0.1) is 12.3 Å². The minimum atomic E-state index is -1.06. The molecule has 1 aliphatic rings. The summed E-state index contributed by atoms with van der Waals surface area (Å²) >= 11 is 0. The number of furan rings is 1. The van der Waals surface area contributed by atoms with Gasteiger partial charge in [-0.2, -0.15) is 0 Å². The third kappa shape index (κ3) is 4.08. The second-order valence-corrected chi connectivity index (χ2v) is 6.99. The van der Waals surface area contributed by atoms with Gasteiger partial charge in [-0.15, -0.1) is 0 Å². The smallest absolute Gasteiger partial charge is 0.371 e. The molecule has 0 saturated heterocycles. The highest BCUT2D eigenvalue weighted by atomic mass is 16.4. The molecule has 1 aliphatic carbocycles. The molecule has 2 rings (SSSR count). The molecule has 1 saturated carbocycles. The topological polar surface area (TPSA) is 82.7 Å². The molecule has 0 aliphatic heterocycles. The summed E-state index contributed by atoms with van der Waals surface area (Å²) in [5, 5.41) is 22.7. The normalized spacial score (nSPS) is 20.4. The third-order valence-electron chi connectivity index (χ3n) is 4.54. The Labute approximate surface area is 125 Å². The predicted octanol–water partition coefficient (Wildman–Crippen LogP) is 2.71. The highest BCUT2D eigenvalue weighted by Crippen LogP contribution is 2.39. The van der Waals surface area contributed by atoms with E-state index in [-0.39, 0.29) is 5.76 Å². The average molecular weight is 295 g/mol. The zero-order valence-corrected chi connectivity index (χ0v) is 13.0. The maximum absolute atomic E-state index is 10.8. The van der Waals surface area contributed by atoms with E-state index in [9.17, 15) is 9.90 Å². The van der Waals surface area contributed by atoms with E-state index in [0.717, 1.165) is 31.2 Å². The lowest BCUT2D eigenvalue weighted by Gasteiger charge is -2.40. The van der Waals surface area contributed by atoms with E-state index in [1.165, 1.54) is 0 Å². The van der Waals surface area contributed by atoms with Crippen LogP contribution in [0.25, 0.3) is 0 Å². The van der Waals surface area contributed by atoms with Crippen molar-refractivity contribution < 1.29 is 19.4 Å². The minimum absolute atomic E-state index is 0.0394. The maximum Gasteiger partial charge on any atom is 0.371 e. The van der Waals surface area contributed by atoms with Crippen molar-refractivity contribution in [2.75, 3.05) is 6.54 Å². The number of aromatic carboxylic acids is 1. The van der Waals surface area contributed by atoms with E-state index in [1.807, 2.05) is 0 Å². The summed E-state index contributed by atoms with van der Waals surface area (Å²) in [6.45, 7) is 7.26. The average Bonchev–Trinajstić information content (AvgIpc) is 2.76. The van der Waals surface area contributed by atoms with Crippen LogP contribution in [-0.4, -0.2) is 28.3 Å². The first-order chi connectivity index (χ1) is 9.71. The first-order valence-electron chi connectivity index (χ1n) is 7.47. The van der Waals surface area contributed by atoms with E-state index in [4.69, 9.17) is 9.52 Å². The molecule has 3 N–H and O–H groups in total. The number of rotatable bonds is 5. The summed E-state index contributed by atoms with van der Waals surface area (Å²) in [5.74, 6) is -0.489. The van der Waals surface area contributed by atoms with Gasteiger partial charge < -0.3 is 19.9 Å². The Bertz CT molecular complexity index is 508. The molecule has 5 heteroatoms. The molecule has 0 atom stereocenters. The molecule has 5 nitrogen and oxygen atoms in total. The lowest BCUT2D eigenvalue weighted by Crippen LogP contribution is -2.44. The molecule has 0 aromatic carbocycles. The van der Waals surface area contributed by atoms with Crippen LogP contribution in [0.2, 0.25) is 0 Å². The zero-order valence-electron chi connectivity index (χ0n) is 13.0. The van der Waals surface area contributed by atoms with Gasteiger partial charge in [0.2, 0.25) is 5.76 Å². The summed E-state index contributed by atoms with van der Waals surface area (Å²) < 4.78 is 5.17. The summed E-state index contributed by atoms with van der Waals surface area (Å²) in [7, 11) is 0. The molecule has 0 radical (unpaired) electrons. The molecule has 21 heavy (non-hydrogen) atoms. The van der Waals surface area contributed by atoms with Crippen molar-refractivity contribution in [1.29, 1.82) is 0 Å². The zero-order chi connectivity index (χ0) is 15.7. The number of carboxylic acid groups (broad SMARTS) is 1. The van der Waals surface area contributed by atoms with Crippen LogP contribution in [0.1, 0.15) is 61.4 Å². The van der Waals surface area contributed by atoms with Crippen LogP contribution in [0.15, 0.2) is 10.5 Å². The number of nitrogens with one attached hydrogen (secondary N) is 1. The van der Waals surface area contributed by atoms with Crippen LogP contribution in [-0.2, 0) is 6.54 Å². The Morgan fingerprint density at radius 3 is 2.48 bits per heavy atom. The van der Waals surface area contributed by atoms with E-state index in [2.05, 4.69) is 19.2 Å². The lowest BCUT2D eigenvalue weighted by molar-refractivity contribution is -0.0245. The highest BCUT2D eigenvalue weighted by Gasteiger charge is 2.36. The van der Waals surface area contributed by atoms with Gasteiger partial charge in [-0.1, -0.05) is 13.8 Å². The molecule has 118 valence electrons. The predicted molar refractivity (Wildman–Crippen MR) is 79.3 cm³/mol. The van der Waals surface area contributed by atoms with Crippen LogP contribution in [0.5, 0.6) is 0 Å². The fourth-order valence-electron chi connectivity index (χ4n) is 2.80. The molecular formula is C16H25NO4. The molecule has 1 fully saturated rings. The molecule has 1 aromatic heterocycles. The van der Waals surface area contributed by atoms with Gasteiger partial charge in [-0.25, -0.2) is 4.79 Å². The summed E-state index contributed by atoms with van der Waals surface area (Å²) in [6, 6.07) is 1.54. The number of aliphatic hydroxyl groups is 1. The molecule has 0 amide bonds. The number of aryl methyl sites for hydroxylation is 1. The fourth-order valence-corrected chi connectivity index (χ4v) is 2.80. The Kier molecular flexibility index (Phi) is 4.44. The van der Waals surface area contributed by atoms with Crippen molar-refractivity contribution in [3.05, 3.63) is 23.2 Å². The lowest BCUT2D eigenvalue weighted by atomic mass is 9.71. The van der Waals surface area contributed by atoms with E-state index >= 15 is 0 Å². The second kappa shape index (κ2) is 5.81. The van der Waals surface area contributed by atoms with Crippen molar-refractivity contribution in [1.82, 2.24) is 5.32 Å². The molecule has 1 aromatic rings. The summed E-state index contributed by atoms with van der Waals surface area (Å²) in [4.78, 5) is 10.8. The molecule has 0 spiro atoms. The van der Waals surface area contributed by atoms with Gasteiger partial charge in [-0.3, -0.25) is 0 Å². The van der Waals surface area contributed by atoms with Gasteiger partial charge in [0.05, 0.1) is 5.60 Å². The van der Waals surface area contributed by atoms with Gasteiger partial charge >= 0.3 is 5.97 Å². The van der Waals surface area contributed by atoms with Crippen molar-refractivity contribution in [2.45, 2.75) is 58.6 Å². The molecular weight excluding hydrogens is 270 g/mol. The van der Waals surface area contributed by atoms with E-state index in [0.29, 0.717) is 24.3 Å². The van der Waals surface area contributed by atoms with Crippen molar-refractivity contribution >= 4 is 5.97 Å². The number of hydrogen-bond acceptors (Lipinski definition) is 4. The van der Waals surface area contributed by atoms with Crippen LogP contribution >= 0.6 is 0 Å². The SMILES string of the molecule is Cc1oc(C(=O)O)cc1CNCC1(O)CCC(C)(C)CC1. The van der Waals surface area contributed by atoms with E-state index < -0.39 is 11.6 Å². The van der Waals surface area contributed by atoms with Crippen molar-refractivity contribution in [3.63, 3.8) is 0 Å². The van der Waals surface area contributed by atoms with Crippen molar-refractivity contribution in [3.8, 4) is 0 Å². The van der Waals surface area contributed by atoms with Gasteiger partial charge in [-0.05, 0) is 44.1 Å². The Balaban J connectivity index is 1.86. The highest BCUT2D eigenvalue weighted by molar-refractivity contribution is 5.84. The Morgan fingerprint density at radius 1 is 1.33 bits per heavy atom. The van der Waals surface area contributed by atoms with Gasteiger partial charge in [0.15, 0.2) is 0 Å². The molecule has 1 heterocycles. The Hall–Kier alpha value is -1.33. The van der Waals surface area contributed by atoms with Crippen LogP contribution in [0.3, 0.4) is 0 Å². The standard InChI is InChI=1S/C16H25NO4/c1-11-12(8-13(21-11)14(18)19)9-17-10-16(20)6-4-15(2,3)5-7-16/h8,17,20H,4-7,9-10H2,1-3H3,(H,18,19). The number of carboxylic acids is 1. The van der Waals surface area contributed by atoms with Gasteiger partial charge in [0.1, 0.15) is 5.76 Å². The van der Waals surface area contributed by atoms with Gasteiger partial charge in [0, 0.05) is 18.7 Å². The van der Waals surface area contributed by atoms with Gasteiger partial charge in [0.25, 0.3) is 0 Å². The first kappa shape index (κ1) is 16.0. The molecule has 0 bridgehead atoms. The van der Waals surface area contributed by atoms with Crippen LogP contribution < -0.4 is 5.32 Å². The maximum atomic E-state index is 10.8. The summed E-state index contributed by atoms with van der Waals surface area (Å²) in [5.41, 5.74) is 0.499. The minimum Gasteiger partial charge on any atom is -0.475 e. The van der Waals surface area contributed by atoms with E-state index in [1.54, 1.807) is 13.0 Å². The monoisotopic (exact) mass is 295 g/mol. The third-order valence-corrected chi connectivity index (χ3v) is 4.54. The largest absolute Gasteiger partial charge is 0.475 e. The van der Waals surface area contributed by atoms with Crippen LogP contribution in [0.4, 0.5) is 0 Å².